The predicted molar refractivity (Wildman–Crippen MR) is 82.3 cm³/mol. The molecular formula is C14H28N2O4S. The first-order valence-corrected chi connectivity index (χ1v) is 9.34. The van der Waals surface area contributed by atoms with Crippen LogP contribution in [0.25, 0.3) is 0 Å². The molecule has 7 heteroatoms. The maximum atomic E-state index is 11.7. The molecule has 3 N–H and O–H groups in total. The molecule has 2 unspecified atom stereocenters. The van der Waals surface area contributed by atoms with Gasteiger partial charge in [-0.2, -0.15) is 0 Å². The van der Waals surface area contributed by atoms with Gasteiger partial charge in [-0.25, -0.2) is 12.7 Å². The molecule has 0 bridgehead atoms. The van der Waals surface area contributed by atoms with E-state index in [1.54, 1.807) is 0 Å². The van der Waals surface area contributed by atoms with Crippen LogP contribution in [0.3, 0.4) is 0 Å². The summed E-state index contributed by atoms with van der Waals surface area (Å²) in [6.45, 7) is 5.00. The molecule has 0 saturated carbocycles. The van der Waals surface area contributed by atoms with Crippen LogP contribution < -0.4 is 5.73 Å². The Labute approximate surface area is 127 Å². The number of hydrogen-bond donors (Lipinski definition) is 2. The highest BCUT2D eigenvalue weighted by Crippen LogP contribution is 2.36. The van der Waals surface area contributed by atoms with Crippen molar-refractivity contribution in [1.82, 2.24) is 4.31 Å². The number of carbonyl (C=O) groups is 1. The standard InChI is InChI=1S/C14H28N2O4S/c1-11(2)7-14(10-15,13(17)18)8-12-5-4-6-16(9-12)21(3,19)20/h11-12H,4-10,15H2,1-3H3,(H,17,18). The van der Waals surface area contributed by atoms with Gasteiger partial charge in [-0.05, 0) is 37.5 Å². The van der Waals surface area contributed by atoms with E-state index in [9.17, 15) is 18.3 Å². The van der Waals surface area contributed by atoms with Gasteiger partial charge in [0.25, 0.3) is 0 Å². The fraction of sp³-hybridized carbons (Fsp3) is 0.929. The van der Waals surface area contributed by atoms with E-state index in [0.717, 1.165) is 12.8 Å². The monoisotopic (exact) mass is 320 g/mol. The number of aliphatic carboxylic acids is 1. The van der Waals surface area contributed by atoms with Crippen LogP contribution in [0.4, 0.5) is 0 Å². The molecule has 0 aromatic heterocycles. The van der Waals surface area contributed by atoms with E-state index in [1.807, 2.05) is 13.8 Å². The summed E-state index contributed by atoms with van der Waals surface area (Å²) < 4.78 is 24.8. The molecule has 1 heterocycles. The van der Waals surface area contributed by atoms with Crippen LogP contribution in [-0.4, -0.2) is 49.7 Å². The highest BCUT2D eigenvalue weighted by molar-refractivity contribution is 7.88. The van der Waals surface area contributed by atoms with Crippen molar-refractivity contribution >= 4 is 16.0 Å². The molecule has 1 aliphatic rings. The van der Waals surface area contributed by atoms with Crippen molar-refractivity contribution in [1.29, 1.82) is 0 Å². The number of sulfonamides is 1. The zero-order valence-electron chi connectivity index (χ0n) is 13.2. The molecule has 2 atom stereocenters. The average Bonchev–Trinajstić information content (AvgIpc) is 2.36. The second-order valence-corrected chi connectivity index (χ2v) is 8.70. The Morgan fingerprint density at radius 3 is 2.52 bits per heavy atom. The van der Waals surface area contributed by atoms with Crippen molar-refractivity contribution in [2.75, 3.05) is 25.9 Å². The third-order valence-corrected chi connectivity index (χ3v) is 5.54. The molecule has 0 aliphatic carbocycles. The Kier molecular flexibility index (Phi) is 6.19. The molecular weight excluding hydrogens is 292 g/mol. The Bertz CT molecular complexity index is 464. The summed E-state index contributed by atoms with van der Waals surface area (Å²) in [5.74, 6) is -0.568. The summed E-state index contributed by atoms with van der Waals surface area (Å²) in [4.78, 5) is 11.7. The Morgan fingerprint density at radius 2 is 2.10 bits per heavy atom. The predicted octanol–water partition coefficient (Wildman–Crippen LogP) is 1.12. The van der Waals surface area contributed by atoms with E-state index in [-0.39, 0.29) is 18.4 Å². The van der Waals surface area contributed by atoms with Crippen LogP contribution in [0.1, 0.15) is 39.5 Å². The summed E-state index contributed by atoms with van der Waals surface area (Å²) in [5.41, 5.74) is 4.84. The maximum absolute atomic E-state index is 11.7. The van der Waals surface area contributed by atoms with Gasteiger partial charge in [0.2, 0.25) is 10.0 Å². The Morgan fingerprint density at radius 1 is 1.48 bits per heavy atom. The summed E-state index contributed by atoms with van der Waals surface area (Å²) >= 11 is 0. The van der Waals surface area contributed by atoms with Gasteiger partial charge in [0.15, 0.2) is 0 Å². The third kappa shape index (κ3) is 4.93. The van der Waals surface area contributed by atoms with Gasteiger partial charge >= 0.3 is 5.97 Å². The molecule has 1 fully saturated rings. The molecule has 1 saturated heterocycles. The first kappa shape index (κ1) is 18.4. The molecule has 0 radical (unpaired) electrons. The SMILES string of the molecule is CC(C)CC(CN)(CC1CCCN(S(C)(=O)=O)C1)C(=O)O. The third-order valence-electron chi connectivity index (χ3n) is 4.27. The minimum atomic E-state index is -3.21. The van der Waals surface area contributed by atoms with Crippen molar-refractivity contribution in [2.24, 2.45) is 23.0 Å². The number of nitrogens with zero attached hydrogens (tertiary/aromatic N) is 1. The van der Waals surface area contributed by atoms with E-state index in [4.69, 9.17) is 5.73 Å². The second-order valence-electron chi connectivity index (χ2n) is 6.72. The summed E-state index contributed by atoms with van der Waals surface area (Å²) in [7, 11) is -3.21. The number of piperidine rings is 1. The molecule has 1 aliphatic heterocycles. The van der Waals surface area contributed by atoms with E-state index in [0.29, 0.717) is 25.9 Å². The fourth-order valence-corrected chi connectivity index (χ4v) is 4.28. The molecule has 0 amide bonds. The number of carboxylic acids is 1. The quantitative estimate of drug-likeness (QED) is 0.732. The number of hydrogen-bond acceptors (Lipinski definition) is 4. The first-order chi connectivity index (χ1) is 9.60. The van der Waals surface area contributed by atoms with Gasteiger partial charge in [-0.3, -0.25) is 4.79 Å². The maximum Gasteiger partial charge on any atom is 0.310 e. The highest BCUT2D eigenvalue weighted by atomic mass is 32.2. The van der Waals surface area contributed by atoms with Crippen LogP contribution in [0.15, 0.2) is 0 Å². The zero-order valence-corrected chi connectivity index (χ0v) is 14.0. The Hall–Kier alpha value is -0.660. The molecule has 6 nitrogen and oxygen atoms in total. The van der Waals surface area contributed by atoms with Gasteiger partial charge in [0, 0.05) is 19.6 Å². The second kappa shape index (κ2) is 7.07. The molecule has 1 rings (SSSR count). The van der Waals surface area contributed by atoms with Crippen molar-refractivity contribution in [3.05, 3.63) is 0 Å². The zero-order chi connectivity index (χ0) is 16.3. The van der Waals surface area contributed by atoms with Gasteiger partial charge in [-0.1, -0.05) is 13.8 Å². The summed E-state index contributed by atoms with van der Waals surface area (Å²) in [6.07, 6.45) is 3.81. The number of nitrogens with two attached hydrogens (primary N) is 1. The molecule has 0 aromatic carbocycles. The summed E-state index contributed by atoms with van der Waals surface area (Å²) in [6, 6.07) is 0. The topological polar surface area (TPSA) is 101 Å². The van der Waals surface area contributed by atoms with Gasteiger partial charge in [0.1, 0.15) is 0 Å². The lowest BCUT2D eigenvalue weighted by molar-refractivity contribution is -0.151. The smallest absolute Gasteiger partial charge is 0.310 e. The molecule has 21 heavy (non-hydrogen) atoms. The van der Waals surface area contributed by atoms with Crippen LogP contribution in [0, 0.1) is 17.3 Å². The van der Waals surface area contributed by atoms with Crippen LogP contribution in [0.5, 0.6) is 0 Å². The number of carboxylic acid groups (broad SMARTS) is 1. The lowest BCUT2D eigenvalue weighted by Gasteiger charge is -2.37. The Balaban J connectivity index is 2.86. The van der Waals surface area contributed by atoms with Crippen molar-refractivity contribution in [3.63, 3.8) is 0 Å². The first-order valence-electron chi connectivity index (χ1n) is 7.49. The van der Waals surface area contributed by atoms with E-state index in [2.05, 4.69) is 0 Å². The molecule has 0 spiro atoms. The molecule has 124 valence electrons. The van der Waals surface area contributed by atoms with E-state index >= 15 is 0 Å². The lowest BCUT2D eigenvalue weighted by Crippen LogP contribution is -2.45. The molecule has 0 aromatic rings. The van der Waals surface area contributed by atoms with Gasteiger partial charge in [-0.15, -0.1) is 0 Å². The van der Waals surface area contributed by atoms with Crippen molar-refractivity contribution < 1.29 is 18.3 Å². The minimum absolute atomic E-state index is 0.0619. The van der Waals surface area contributed by atoms with Crippen molar-refractivity contribution in [3.8, 4) is 0 Å². The van der Waals surface area contributed by atoms with Crippen LogP contribution >= 0.6 is 0 Å². The van der Waals surface area contributed by atoms with Crippen LogP contribution in [-0.2, 0) is 14.8 Å². The summed E-state index contributed by atoms with van der Waals surface area (Å²) in [5, 5.41) is 9.62. The minimum Gasteiger partial charge on any atom is -0.481 e. The average molecular weight is 320 g/mol. The van der Waals surface area contributed by atoms with E-state index < -0.39 is 21.4 Å². The van der Waals surface area contributed by atoms with Gasteiger partial charge in [0.05, 0.1) is 11.7 Å². The van der Waals surface area contributed by atoms with Crippen molar-refractivity contribution in [2.45, 2.75) is 39.5 Å². The van der Waals surface area contributed by atoms with E-state index in [1.165, 1.54) is 10.6 Å². The largest absolute Gasteiger partial charge is 0.481 e. The lowest BCUT2D eigenvalue weighted by atomic mass is 9.72. The van der Waals surface area contributed by atoms with Crippen LogP contribution in [0.2, 0.25) is 0 Å². The normalized spacial score (nSPS) is 24.0. The number of rotatable bonds is 7. The highest BCUT2D eigenvalue weighted by Gasteiger charge is 2.41. The van der Waals surface area contributed by atoms with Gasteiger partial charge < -0.3 is 10.8 Å². The fourth-order valence-electron chi connectivity index (χ4n) is 3.34.